The third kappa shape index (κ3) is 3.95. The molecule has 1 fully saturated rings. The molecule has 1 aliphatic rings. The fraction of sp³-hybridized carbons (Fsp3) is 0.333. The SMILES string of the molecule is COc1cccc(C(O)=C2C(=O)C(=O)N(CCC[NH+](C)C)C2c2cccs2)c1. The van der Waals surface area contributed by atoms with Crippen molar-refractivity contribution >= 4 is 28.8 Å². The molecule has 0 radical (unpaired) electrons. The second-order valence-corrected chi connectivity index (χ2v) is 8.03. The van der Waals surface area contributed by atoms with Gasteiger partial charge in [-0.15, -0.1) is 11.3 Å². The topological polar surface area (TPSA) is 71.3 Å². The molecule has 1 aromatic carbocycles. The lowest BCUT2D eigenvalue weighted by atomic mass is 9.99. The van der Waals surface area contributed by atoms with E-state index in [2.05, 4.69) is 0 Å². The summed E-state index contributed by atoms with van der Waals surface area (Å²) in [7, 11) is 5.64. The number of aliphatic hydroxyl groups is 1. The number of hydrogen-bond donors (Lipinski definition) is 2. The summed E-state index contributed by atoms with van der Waals surface area (Å²) in [6.07, 6.45) is 0.774. The third-order valence-electron chi connectivity index (χ3n) is 4.77. The minimum atomic E-state index is -0.643. The lowest BCUT2D eigenvalue weighted by Gasteiger charge is -2.24. The van der Waals surface area contributed by atoms with Crippen molar-refractivity contribution in [2.75, 3.05) is 34.3 Å². The Morgan fingerprint density at radius 3 is 2.68 bits per heavy atom. The maximum Gasteiger partial charge on any atom is 0.295 e. The van der Waals surface area contributed by atoms with E-state index in [0.717, 1.165) is 17.8 Å². The molecule has 2 N–H and O–H groups in total. The number of nitrogens with zero attached hydrogens (tertiary/aromatic N) is 1. The van der Waals surface area contributed by atoms with Crippen molar-refractivity contribution in [3.05, 3.63) is 57.8 Å². The van der Waals surface area contributed by atoms with E-state index in [0.29, 0.717) is 17.9 Å². The van der Waals surface area contributed by atoms with Gasteiger partial charge in [-0.3, -0.25) is 9.59 Å². The van der Waals surface area contributed by atoms with Gasteiger partial charge in [-0.05, 0) is 23.6 Å². The number of amides is 1. The molecule has 3 rings (SSSR count). The summed E-state index contributed by atoms with van der Waals surface area (Å²) in [5.74, 6) is -0.802. The van der Waals surface area contributed by atoms with E-state index < -0.39 is 17.7 Å². The number of ketones is 1. The second-order valence-electron chi connectivity index (χ2n) is 7.05. The third-order valence-corrected chi connectivity index (χ3v) is 5.70. The number of thiophene rings is 1. The van der Waals surface area contributed by atoms with Crippen molar-refractivity contribution in [2.45, 2.75) is 12.5 Å². The van der Waals surface area contributed by atoms with Gasteiger partial charge in [0.15, 0.2) is 0 Å². The van der Waals surface area contributed by atoms with Crippen LogP contribution in [0.1, 0.15) is 22.9 Å². The predicted octanol–water partition coefficient (Wildman–Crippen LogP) is 1.71. The van der Waals surface area contributed by atoms with Crippen LogP contribution >= 0.6 is 11.3 Å². The van der Waals surface area contributed by atoms with Gasteiger partial charge in [-0.2, -0.15) is 0 Å². The van der Waals surface area contributed by atoms with Crippen molar-refractivity contribution in [2.24, 2.45) is 0 Å². The second kappa shape index (κ2) is 8.58. The first kappa shape index (κ1) is 20.1. The number of quaternary nitrogens is 1. The molecule has 1 aromatic heterocycles. The van der Waals surface area contributed by atoms with E-state index in [1.54, 1.807) is 29.2 Å². The quantitative estimate of drug-likeness (QED) is 0.421. The fourth-order valence-corrected chi connectivity index (χ4v) is 4.23. The Hall–Kier alpha value is -2.64. The molecule has 6 nitrogen and oxygen atoms in total. The number of nitrogens with one attached hydrogen (secondary N) is 1. The summed E-state index contributed by atoms with van der Waals surface area (Å²) in [6, 6.07) is 10.1. The number of ether oxygens (including phenoxy) is 1. The van der Waals surface area contributed by atoms with Crippen LogP contribution in [0.25, 0.3) is 5.76 Å². The van der Waals surface area contributed by atoms with E-state index in [1.165, 1.54) is 23.3 Å². The smallest absolute Gasteiger partial charge is 0.295 e. The molecule has 0 saturated carbocycles. The number of rotatable bonds is 7. The van der Waals surface area contributed by atoms with Crippen LogP contribution in [0.2, 0.25) is 0 Å². The van der Waals surface area contributed by atoms with E-state index in [1.807, 2.05) is 31.6 Å². The predicted molar refractivity (Wildman–Crippen MR) is 109 cm³/mol. The van der Waals surface area contributed by atoms with Gasteiger partial charge in [-0.25, -0.2) is 0 Å². The number of likely N-dealkylation sites (tertiary alicyclic amines) is 1. The summed E-state index contributed by atoms with van der Waals surface area (Å²) >= 11 is 1.47. The summed E-state index contributed by atoms with van der Waals surface area (Å²) < 4.78 is 5.22. The van der Waals surface area contributed by atoms with Gasteiger partial charge >= 0.3 is 0 Å². The first-order valence-electron chi connectivity index (χ1n) is 9.19. The molecular weight excluding hydrogens is 376 g/mol. The van der Waals surface area contributed by atoms with Gasteiger partial charge in [0, 0.05) is 23.4 Å². The van der Waals surface area contributed by atoms with E-state index in [9.17, 15) is 14.7 Å². The van der Waals surface area contributed by atoms with Crippen LogP contribution in [0.3, 0.4) is 0 Å². The number of carbonyl (C=O) groups excluding carboxylic acids is 2. The Bertz CT molecular complexity index is 890. The Labute approximate surface area is 168 Å². The zero-order valence-corrected chi connectivity index (χ0v) is 17.1. The summed E-state index contributed by atoms with van der Waals surface area (Å²) in [6.45, 7) is 1.35. The zero-order chi connectivity index (χ0) is 20.3. The molecule has 0 spiro atoms. The van der Waals surface area contributed by atoms with E-state index in [4.69, 9.17) is 4.74 Å². The normalized spacial score (nSPS) is 18.9. The largest absolute Gasteiger partial charge is 0.507 e. The maximum atomic E-state index is 12.8. The van der Waals surface area contributed by atoms with Gasteiger partial charge in [0.25, 0.3) is 11.7 Å². The number of methoxy groups -OCH3 is 1. The number of benzene rings is 1. The van der Waals surface area contributed by atoms with Crippen molar-refractivity contribution in [1.82, 2.24) is 4.90 Å². The summed E-state index contributed by atoms with van der Waals surface area (Å²) in [5.41, 5.74) is 0.592. The molecule has 1 aliphatic heterocycles. The van der Waals surface area contributed by atoms with Crippen molar-refractivity contribution in [3.8, 4) is 5.75 Å². The van der Waals surface area contributed by atoms with Crippen molar-refractivity contribution in [3.63, 3.8) is 0 Å². The zero-order valence-electron chi connectivity index (χ0n) is 16.3. The maximum absolute atomic E-state index is 12.8. The van der Waals surface area contributed by atoms with Crippen LogP contribution in [0.5, 0.6) is 5.75 Å². The highest BCUT2D eigenvalue weighted by molar-refractivity contribution is 7.10. The van der Waals surface area contributed by atoms with Gasteiger partial charge in [0.1, 0.15) is 11.5 Å². The molecule has 2 heterocycles. The first-order valence-corrected chi connectivity index (χ1v) is 10.1. The van der Waals surface area contributed by atoms with Crippen LogP contribution in [0.15, 0.2) is 47.4 Å². The summed E-state index contributed by atoms with van der Waals surface area (Å²) in [5, 5.41) is 12.9. The minimum Gasteiger partial charge on any atom is -0.507 e. The van der Waals surface area contributed by atoms with Gasteiger partial charge < -0.3 is 19.6 Å². The van der Waals surface area contributed by atoms with Gasteiger partial charge in [0.2, 0.25) is 0 Å². The van der Waals surface area contributed by atoms with Crippen LogP contribution in [-0.2, 0) is 9.59 Å². The number of Topliss-reactive ketones (excluding diaryl/α,β-unsaturated/α-hetero) is 1. The first-order chi connectivity index (χ1) is 13.4. The molecule has 7 heteroatoms. The Kier molecular flexibility index (Phi) is 6.16. The van der Waals surface area contributed by atoms with Crippen LogP contribution in [0.4, 0.5) is 0 Å². The number of hydrogen-bond acceptors (Lipinski definition) is 5. The molecule has 28 heavy (non-hydrogen) atoms. The average molecular weight is 402 g/mol. The highest BCUT2D eigenvalue weighted by atomic mass is 32.1. The molecule has 148 valence electrons. The van der Waals surface area contributed by atoms with Crippen molar-refractivity contribution < 1.29 is 24.3 Å². The monoisotopic (exact) mass is 401 g/mol. The molecule has 1 saturated heterocycles. The molecule has 1 unspecified atom stereocenters. The van der Waals surface area contributed by atoms with Crippen LogP contribution in [0, 0.1) is 0 Å². The Morgan fingerprint density at radius 1 is 1.25 bits per heavy atom. The molecule has 0 aliphatic carbocycles. The molecule has 2 aromatic rings. The number of aliphatic hydroxyl groups excluding tert-OH is 1. The van der Waals surface area contributed by atoms with Gasteiger partial charge in [-0.1, -0.05) is 18.2 Å². The minimum absolute atomic E-state index is 0.137. The summed E-state index contributed by atoms with van der Waals surface area (Å²) in [4.78, 5) is 29.3. The molecule has 0 bridgehead atoms. The molecule has 1 amide bonds. The number of carbonyl (C=O) groups is 2. The lowest BCUT2D eigenvalue weighted by molar-refractivity contribution is -0.858. The van der Waals surface area contributed by atoms with Gasteiger partial charge in [0.05, 0.1) is 39.4 Å². The van der Waals surface area contributed by atoms with Crippen LogP contribution in [-0.4, -0.2) is 56.0 Å². The Balaban J connectivity index is 2.04. The van der Waals surface area contributed by atoms with Crippen LogP contribution < -0.4 is 9.64 Å². The molecular formula is C21H25N2O4S+. The fourth-order valence-electron chi connectivity index (χ4n) is 3.38. The Morgan fingerprint density at radius 2 is 2.04 bits per heavy atom. The molecule has 1 atom stereocenters. The van der Waals surface area contributed by atoms with Crippen molar-refractivity contribution in [1.29, 1.82) is 0 Å². The lowest BCUT2D eigenvalue weighted by Crippen LogP contribution is -3.05. The standard InChI is InChI=1S/C21H24N2O4S/c1-22(2)10-6-11-23-18(16-9-5-12-28-16)17(20(25)21(23)26)19(24)14-7-4-8-15(13-14)27-3/h4-5,7-9,12-13,18,24H,6,10-11H2,1-3H3/p+1. The highest BCUT2D eigenvalue weighted by Crippen LogP contribution is 2.41. The highest BCUT2D eigenvalue weighted by Gasteiger charge is 2.46. The van der Waals surface area contributed by atoms with E-state index in [-0.39, 0.29) is 11.3 Å². The van der Waals surface area contributed by atoms with E-state index >= 15 is 0 Å². The average Bonchev–Trinajstić information content (AvgIpc) is 3.29.